The average Bonchev–Trinajstić information content (AvgIpc) is 2.58. The number of hydrogen-bond acceptors (Lipinski definition) is 6. The fraction of sp³-hybridized carbons (Fsp3) is 0.375. The normalized spacial score (nSPS) is 10.3. The lowest BCUT2D eigenvalue weighted by atomic mass is 10.4. The van der Waals surface area contributed by atoms with Crippen molar-refractivity contribution in [2.24, 2.45) is 0 Å². The van der Waals surface area contributed by atoms with E-state index in [9.17, 15) is 0 Å². The Hall–Kier alpha value is -2.05. The molecular formula is C8H11N7. The molecule has 0 unspecified atom stereocenters. The Kier molecular flexibility index (Phi) is 2.28. The number of anilines is 1. The summed E-state index contributed by atoms with van der Waals surface area (Å²) in [4.78, 5) is 0. The van der Waals surface area contributed by atoms with E-state index in [1.54, 1.807) is 11.7 Å². The van der Waals surface area contributed by atoms with Crippen molar-refractivity contribution in [2.75, 3.05) is 12.4 Å². The highest BCUT2D eigenvalue weighted by atomic mass is 15.5. The van der Waals surface area contributed by atoms with Gasteiger partial charge >= 0.3 is 0 Å². The topological polar surface area (TPSA) is 81.4 Å². The summed E-state index contributed by atoms with van der Waals surface area (Å²) >= 11 is 0. The third-order valence-electron chi connectivity index (χ3n) is 1.89. The average molecular weight is 205 g/mol. The maximum Gasteiger partial charge on any atom is 0.289 e. The number of nitrogens with zero attached hydrogens (tertiary/aromatic N) is 6. The van der Waals surface area contributed by atoms with Gasteiger partial charge in [-0.3, -0.25) is 0 Å². The first kappa shape index (κ1) is 9.50. The summed E-state index contributed by atoms with van der Waals surface area (Å²) in [5.41, 5.74) is 1.86. The van der Waals surface area contributed by atoms with Gasteiger partial charge in [-0.15, -0.1) is 20.4 Å². The standard InChI is InChI=1S/C8H11N7/c1-5-4-6(2)15(14-5)8-12-10-7(9-3)11-13-8/h4H,1-3H3,(H,9,10,11). The first-order valence-corrected chi connectivity index (χ1v) is 4.49. The van der Waals surface area contributed by atoms with Crippen molar-refractivity contribution in [3.8, 4) is 5.95 Å². The number of rotatable bonds is 2. The fourth-order valence-electron chi connectivity index (χ4n) is 1.24. The summed E-state index contributed by atoms with van der Waals surface area (Å²) in [6.07, 6.45) is 0. The molecule has 0 spiro atoms. The van der Waals surface area contributed by atoms with E-state index in [4.69, 9.17) is 0 Å². The molecule has 2 rings (SSSR count). The zero-order valence-corrected chi connectivity index (χ0v) is 8.76. The number of nitrogens with one attached hydrogen (secondary N) is 1. The van der Waals surface area contributed by atoms with Gasteiger partial charge in [0.1, 0.15) is 0 Å². The van der Waals surface area contributed by atoms with Crippen LogP contribution < -0.4 is 5.32 Å². The molecule has 7 heteroatoms. The first-order chi connectivity index (χ1) is 7.20. The third-order valence-corrected chi connectivity index (χ3v) is 1.89. The van der Waals surface area contributed by atoms with Crippen molar-refractivity contribution in [3.63, 3.8) is 0 Å². The lowest BCUT2D eigenvalue weighted by Crippen LogP contribution is -2.09. The van der Waals surface area contributed by atoms with Crippen molar-refractivity contribution in [1.82, 2.24) is 30.2 Å². The molecule has 0 bridgehead atoms. The molecule has 0 saturated heterocycles. The molecule has 15 heavy (non-hydrogen) atoms. The van der Waals surface area contributed by atoms with Gasteiger partial charge in [-0.05, 0) is 19.9 Å². The van der Waals surface area contributed by atoms with Crippen LogP contribution in [0, 0.1) is 13.8 Å². The second kappa shape index (κ2) is 3.60. The largest absolute Gasteiger partial charge is 0.355 e. The van der Waals surface area contributed by atoms with Gasteiger partial charge in [0.25, 0.3) is 11.9 Å². The molecule has 78 valence electrons. The Bertz CT molecular complexity index is 458. The highest BCUT2D eigenvalue weighted by Gasteiger charge is 2.07. The molecule has 0 aromatic carbocycles. The van der Waals surface area contributed by atoms with Gasteiger partial charge in [-0.2, -0.15) is 5.10 Å². The van der Waals surface area contributed by atoms with Crippen molar-refractivity contribution >= 4 is 5.95 Å². The van der Waals surface area contributed by atoms with Gasteiger partial charge in [0.2, 0.25) is 0 Å². The number of hydrogen-bond donors (Lipinski definition) is 1. The Balaban J connectivity index is 2.41. The van der Waals surface area contributed by atoms with E-state index < -0.39 is 0 Å². The lowest BCUT2D eigenvalue weighted by Gasteiger charge is -2.00. The van der Waals surface area contributed by atoms with Crippen molar-refractivity contribution in [3.05, 3.63) is 17.5 Å². The summed E-state index contributed by atoms with van der Waals surface area (Å²) in [5, 5.41) is 22.4. The molecule has 0 aliphatic carbocycles. The molecule has 0 radical (unpaired) electrons. The van der Waals surface area contributed by atoms with Crippen molar-refractivity contribution in [1.29, 1.82) is 0 Å². The Morgan fingerprint density at radius 3 is 2.27 bits per heavy atom. The van der Waals surface area contributed by atoms with Gasteiger partial charge in [0.15, 0.2) is 0 Å². The van der Waals surface area contributed by atoms with Crippen LogP contribution in [0.25, 0.3) is 5.95 Å². The van der Waals surface area contributed by atoms with E-state index in [1.165, 1.54) is 0 Å². The number of aryl methyl sites for hydroxylation is 2. The minimum atomic E-state index is 0.375. The van der Waals surface area contributed by atoms with E-state index in [0.717, 1.165) is 11.4 Å². The highest BCUT2D eigenvalue weighted by Crippen LogP contribution is 2.05. The van der Waals surface area contributed by atoms with Crippen LogP contribution in [0.1, 0.15) is 11.4 Å². The van der Waals surface area contributed by atoms with Crippen LogP contribution in [0.5, 0.6) is 0 Å². The minimum Gasteiger partial charge on any atom is -0.355 e. The van der Waals surface area contributed by atoms with Crippen LogP contribution >= 0.6 is 0 Å². The summed E-state index contributed by atoms with van der Waals surface area (Å²) < 4.78 is 1.61. The fourth-order valence-corrected chi connectivity index (χ4v) is 1.24. The molecule has 0 amide bonds. The Labute approximate surface area is 86.6 Å². The molecule has 2 heterocycles. The van der Waals surface area contributed by atoms with Crippen LogP contribution in [0.4, 0.5) is 5.95 Å². The van der Waals surface area contributed by atoms with Gasteiger partial charge in [-0.25, -0.2) is 4.68 Å². The van der Waals surface area contributed by atoms with Crippen molar-refractivity contribution < 1.29 is 0 Å². The van der Waals surface area contributed by atoms with Crippen LogP contribution in [0.15, 0.2) is 6.07 Å². The SMILES string of the molecule is CNc1nnc(-n2nc(C)cc2C)nn1. The lowest BCUT2D eigenvalue weighted by molar-refractivity contribution is 0.712. The summed E-state index contributed by atoms with van der Waals surface area (Å²) in [5.74, 6) is 0.764. The van der Waals surface area contributed by atoms with Crippen LogP contribution in [0.3, 0.4) is 0 Å². The first-order valence-electron chi connectivity index (χ1n) is 4.49. The van der Waals surface area contributed by atoms with Crippen LogP contribution in [0.2, 0.25) is 0 Å². The maximum atomic E-state index is 4.23. The van der Waals surface area contributed by atoms with E-state index >= 15 is 0 Å². The molecule has 0 aliphatic heterocycles. The molecule has 2 aromatic heterocycles. The van der Waals surface area contributed by atoms with E-state index in [1.807, 2.05) is 19.9 Å². The zero-order valence-electron chi connectivity index (χ0n) is 8.76. The molecule has 0 atom stereocenters. The summed E-state index contributed by atoms with van der Waals surface area (Å²) in [6, 6.07) is 1.94. The minimum absolute atomic E-state index is 0.375. The monoisotopic (exact) mass is 205 g/mol. The Morgan fingerprint density at radius 1 is 1.13 bits per heavy atom. The predicted octanol–water partition coefficient (Wildman–Crippen LogP) is 0.111. The van der Waals surface area contributed by atoms with Crippen molar-refractivity contribution in [2.45, 2.75) is 13.8 Å². The smallest absolute Gasteiger partial charge is 0.289 e. The molecule has 1 N–H and O–H groups in total. The molecule has 0 fully saturated rings. The van der Waals surface area contributed by atoms with Gasteiger partial charge < -0.3 is 5.32 Å². The summed E-state index contributed by atoms with van der Waals surface area (Å²) in [7, 11) is 1.71. The second-order valence-corrected chi connectivity index (χ2v) is 3.11. The van der Waals surface area contributed by atoms with Gasteiger partial charge in [0.05, 0.1) is 5.69 Å². The van der Waals surface area contributed by atoms with E-state index in [2.05, 4.69) is 30.8 Å². The van der Waals surface area contributed by atoms with E-state index in [0.29, 0.717) is 11.9 Å². The Morgan fingerprint density at radius 2 is 1.80 bits per heavy atom. The molecular weight excluding hydrogens is 194 g/mol. The van der Waals surface area contributed by atoms with E-state index in [-0.39, 0.29) is 0 Å². The second-order valence-electron chi connectivity index (χ2n) is 3.11. The number of aromatic nitrogens is 6. The zero-order chi connectivity index (χ0) is 10.8. The van der Waals surface area contributed by atoms with Crippen LogP contribution in [-0.2, 0) is 0 Å². The maximum absolute atomic E-state index is 4.23. The van der Waals surface area contributed by atoms with Crippen LogP contribution in [-0.4, -0.2) is 37.2 Å². The molecule has 2 aromatic rings. The predicted molar refractivity (Wildman–Crippen MR) is 53.8 cm³/mol. The highest BCUT2D eigenvalue weighted by molar-refractivity contribution is 5.21. The third kappa shape index (κ3) is 1.76. The molecule has 7 nitrogen and oxygen atoms in total. The van der Waals surface area contributed by atoms with Gasteiger partial charge in [-0.1, -0.05) is 0 Å². The molecule has 0 aliphatic rings. The van der Waals surface area contributed by atoms with Gasteiger partial charge in [0, 0.05) is 12.7 Å². The molecule has 0 saturated carbocycles. The quantitative estimate of drug-likeness (QED) is 0.749. The summed E-state index contributed by atoms with van der Waals surface area (Å²) in [6.45, 7) is 3.83.